The number of carbonyl (C=O) groups excluding carboxylic acids is 1. The molecule has 0 fully saturated rings. The van der Waals surface area contributed by atoms with Gasteiger partial charge in [0.05, 0.1) is 6.54 Å². The summed E-state index contributed by atoms with van der Waals surface area (Å²) >= 11 is 12.1. The van der Waals surface area contributed by atoms with Crippen LogP contribution in [0.15, 0.2) is 65.3 Å². The molecule has 0 saturated heterocycles. The van der Waals surface area contributed by atoms with Gasteiger partial charge in [0.15, 0.2) is 5.76 Å². The number of amides is 1. The fraction of sp³-hybridized carbons (Fsp3) is 0.0952. The molecule has 7 nitrogen and oxygen atoms in total. The Morgan fingerprint density at radius 3 is 2.71 bits per heavy atom. The molecule has 2 aromatic heterocycles. The standard InChI is InChI=1S/C21H15Cl2FN4O3/c22-14-2-1-13(18(23)9-14)10-28-12-25-21(27-28)26-20(29)19-8-7-17(31-19)11-30-16-5-3-15(24)4-6-16/h1-9,12H,10-11H2,(H,26,27,29). The highest BCUT2D eigenvalue weighted by molar-refractivity contribution is 6.35. The molecule has 0 aliphatic rings. The quantitative estimate of drug-likeness (QED) is 0.409. The summed E-state index contributed by atoms with van der Waals surface area (Å²) in [5.74, 6) is 0.266. The van der Waals surface area contributed by atoms with Crippen molar-refractivity contribution in [1.29, 1.82) is 0 Å². The predicted octanol–water partition coefficient (Wildman–Crippen LogP) is 5.20. The molecule has 0 unspecified atom stereocenters. The lowest BCUT2D eigenvalue weighted by Crippen LogP contribution is -2.12. The van der Waals surface area contributed by atoms with Gasteiger partial charge in [-0.25, -0.2) is 14.1 Å². The van der Waals surface area contributed by atoms with Crippen LogP contribution in [0.5, 0.6) is 5.75 Å². The lowest BCUT2D eigenvalue weighted by atomic mass is 10.2. The molecule has 1 amide bonds. The maximum absolute atomic E-state index is 12.9. The van der Waals surface area contributed by atoms with Crippen molar-refractivity contribution >= 4 is 35.1 Å². The number of ether oxygens (including phenoxy) is 1. The van der Waals surface area contributed by atoms with Gasteiger partial charge in [-0.05, 0) is 54.1 Å². The Labute approximate surface area is 186 Å². The number of rotatable bonds is 7. The number of hydrogen-bond acceptors (Lipinski definition) is 5. The van der Waals surface area contributed by atoms with Crippen LogP contribution in [0.4, 0.5) is 10.3 Å². The van der Waals surface area contributed by atoms with Crippen molar-refractivity contribution in [3.05, 3.63) is 93.9 Å². The van der Waals surface area contributed by atoms with Crippen LogP contribution in [0.25, 0.3) is 0 Å². The minimum atomic E-state index is -0.504. The van der Waals surface area contributed by atoms with Gasteiger partial charge < -0.3 is 9.15 Å². The van der Waals surface area contributed by atoms with Gasteiger partial charge in [0.25, 0.3) is 5.91 Å². The highest BCUT2D eigenvalue weighted by Gasteiger charge is 2.14. The van der Waals surface area contributed by atoms with Gasteiger partial charge in [-0.2, -0.15) is 0 Å². The first-order chi connectivity index (χ1) is 15.0. The Morgan fingerprint density at radius 1 is 1.13 bits per heavy atom. The van der Waals surface area contributed by atoms with Crippen molar-refractivity contribution in [3.8, 4) is 5.75 Å². The molecule has 0 saturated carbocycles. The van der Waals surface area contributed by atoms with E-state index >= 15 is 0 Å². The fourth-order valence-corrected chi connectivity index (χ4v) is 3.15. The Balaban J connectivity index is 1.34. The van der Waals surface area contributed by atoms with Crippen molar-refractivity contribution in [2.75, 3.05) is 5.32 Å². The minimum Gasteiger partial charge on any atom is -0.486 e. The SMILES string of the molecule is O=C(Nc1ncn(Cc2ccc(Cl)cc2Cl)n1)c1ccc(COc2ccc(F)cc2)o1. The Kier molecular flexibility index (Phi) is 6.20. The van der Waals surface area contributed by atoms with E-state index in [1.807, 2.05) is 0 Å². The zero-order valence-corrected chi connectivity index (χ0v) is 17.4. The second-order valence-corrected chi connectivity index (χ2v) is 7.31. The van der Waals surface area contributed by atoms with Crippen molar-refractivity contribution in [2.45, 2.75) is 13.2 Å². The smallest absolute Gasteiger partial charge is 0.293 e. The Bertz CT molecular complexity index is 1210. The lowest BCUT2D eigenvalue weighted by Gasteiger charge is -2.04. The van der Waals surface area contributed by atoms with Crippen LogP contribution in [0.2, 0.25) is 10.0 Å². The third-order valence-electron chi connectivity index (χ3n) is 4.19. The molecule has 1 N–H and O–H groups in total. The number of hydrogen-bond donors (Lipinski definition) is 1. The summed E-state index contributed by atoms with van der Waals surface area (Å²) in [5, 5.41) is 7.83. The van der Waals surface area contributed by atoms with E-state index in [0.717, 1.165) is 5.56 Å². The summed E-state index contributed by atoms with van der Waals surface area (Å²) in [6.45, 7) is 0.456. The molecule has 10 heteroatoms. The van der Waals surface area contributed by atoms with Crippen molar-refractivity contribution in [1.82, 2.24) is 14.8 Å². The topological polar surface area (TPSA) is 82.2 Å². The average molecular weight is 461 g/mol. The van der Waals surface area contributed by atoms with E-state index in [0.29, 0.717) is 28.1 Å². The molecule has 2 heterocycles. The number of aromatic nitrogens is 3. The maximum atomic E-state index is 12.9. The number of anilines is 1. The molecule has 4 aromatic rings. The highest BCUT2D eigenvalue weighted by atomic mass is 35.5. The highest BCUT2D eigenvalue weighted by Crippen LogP contribution is 2.22. The van der Waals surface area contributed by atoms with Crippen LogP contribution < -0.4 is 10.1 Å². The number of furan rings is 1. The second-order valence-electron chi connectivity index (χ2n) is 6.46. The number of halogens is 3. The van der Waals surface area contributed by atoms with Crippen LogP contribution >= 0.6 is 23.2 Å². The first-order valence-corrected chi connectivity index (χ1v) is 9.84. The van der Waals surface area contributed by atoms with E-state index in [4.69, 9.17) is 32.4 Å². The zero-order valence-electron chi connectivity index (χ0n) is 15.9. The van der Waals surface area contributed by atoms with Gasteiger partial charge in [0, 0.05) is 10.0 Å². The van der Waals surface area contributed by atoms with Crippen LogP contribution in [0.1, 0.15) is 21.9 Å². The van der Waals surface area contributed by atoms with Crippen LogP contribution in [-0.2, 0) is 13.2 Å². The molecule has 2 aromatic carbocycles. The maximum Gasteiger partial charge on any atom is 0.293 e. The van der Waals surface area contributed by atoms with Gasteiger partial charge >= 0.3 is 0 Å². The van der Waals surface area contributed by atoms with E-state index < -0.39 is 5.91 Å². The third kappa shape index (κ3) is 5.42. The Hall–Kier alpha value is -3.36. The molecule has 0 aliphatic heterocycles. The summed E-state index contributed by atoms with van der Waals surface area (Å²) < 4.78 is 25.4. The van der Waals surface area contributed by atoms with E-state index in [2.05, 4.69) is 15.4 Å². The Morgan fingerprint density at radius 2 is 1.94 bits per heavy atom. The number of carbonyl (C=O) groups is 1. The van der Waals surface area contributed by atoms with E-state index in [9.17, 15) is 9.18 Å². The summed E-state index contributed by atoms with van der Waals surface area (Å²) in [4.78, 5) is 16.5. The summed E-state index contributed by atoms with van der Waals surface area (Å²) in [6.07, 6.45) is 1.48. The van der Waals surface area contributed by atoms with Gasteiger partial charge in [-0.15, -0.1) is 5.10 Å². The molecule has 0 atom stereocenters. The number of nitrogens with one attached hydrogen (secondary N) is 1. The molecular formula is C21H15Cl2FN4O3. The van der Waals surface area contributed by atoms with Crippen molar-refractivity contribution in [3.63, 3.8) is 0 Å². The molecule has 158 valence electrons. The molecule has 0 bridgehead atoms. The zero-order chi connectivity index (χ0) is 21.8. The summed E-state index contributed by atoms with van der Waals surface area (Å²) in [7, 11) is 0. The molecule has 31 heavy (non-hydrogen) atoms. The van der Waals surface area contributed by atoms with Gasteiger partial charge in [-0.3, -0.25) is 10.1 Å². The average Bonchev–Trinajstić information content (AvgIpc) is 3.39. The van der Waals surface area contributed by atoms with Gasteiger partial charge in [0.1, 0.15) is 30.3 Å². The first-order valence-electron chi connectivity index (χ1n) is 9.08. The van der Waals surface area contributed by atoms with E-state index in [1.165, 1.54) is 41.3 Å². The molecule has 0 aliphatic carbocycles. The summed E-state index contributed by atoms with van der Waals surface area (Å²) in [5.41, 5.74) is 0.811. The van der Waals surface area contributed by atoms with Gasteiger partial charge in [-0.1, -0.05) is 29.3 Å². The van der Waals surface area contributed by atoms with E-state index in [-0.39, 0.29) is 24.1 Å². The van der Waals surface area contributed by atoms with Crippen molar-refractivity contribution < 1.29 is 18.3 Å². The minimum absolute atomic E-state index is 0.0785. The molecular weight excluding hydrogens is 446 g/mol. The number of benzene rings is 2. The van der Waals surface area contributed by atoms with Crippen molar-refractivity contribution in [2.24, 2.45) is 0 Å². The second kappa shape index (κ2) is 9.20. The van der Waals surface area contributed by atoms with Gasteiger partial charge in [0.2, 0.25) is 5.95 Å². The fourth-order valence-electron chi connectivity index (χ4n) is 2.68. The molecule has 4 rings (SSSR count). The summed E-state index contributed by atoms with van der Waals surface area (Å²) in [6, 6.07) is 13.9. The normalized spacial score (nSPS) is 10.8. The monoisotopic (exact) mass is 460 g/mol. The third-order valence-corrected chi connectivity index (χ3v) is 4.78. The van der Waals surface area contributed by atoms with Crippen LogP contribution in [-0.4, -0.2) is 20.7 Å². The predicted molar refractivity (Wildman–Crippen MR) is 113 cm³/mol. The first kappa shape index (κ1) is 20.9. The van der Waals surface area contributed by atoms with Crippen LogP contribution in [0.3, 0.4) is 0 Å². The largest absolute Gasteiger partial charge is 0.486 e. The molecule has 0 radical (unpaired) electrons. The van der Waals surface area contributed by atoms with Crippen LogP contribution in [0, 0.1) is 5.82 Å². The van der Waals surface area contributed by atoms with E-state index in [1.54, 1.807) is 24.3 Å². The molecule has 0 spiro atoms. The number of nitrogens with zero attached hydrogens (tertiary/aromatic N) is 3. The lowest BCUT2D eigenvalue weighted by molar-refractivity contribution is 0.0991.